The van der Waals surface area contributed by atoms with E-state index in [0.29, 0.717) is 0 Å². The van der Waals surface area contributed by atoms with Crippen LogP contribution in [0.15, 0.2) is 24.5 Å². The molecule has 0 radical (unpaired) electrons. The Morgan fingerprint density at radius 3 is 2.82 bits per heavy atom. The summed E-state index contributed by atoms with van der Waals surface area (Å²) in [7, 11) is 0. The molecule has 2 aromatic heterocycles. The van der Waals surface area contributed by atoms with Crippen LogP contribution in [-0.4, -0.2) is 19.6 Å². The average Bonchev–Trinajstić information content (AvgIpc) is 2.78. The van der Waals surface area contributed by atoms with E-state index in [9.17, 15) is 0 Å². The van der Waals surface area contributed by atoms with Crippen molar-refractivity contribution in [1.29, 1.82) is 0 Å². The van der Waals surface area contributed by atoms with Gasteiger partial charge >= 0.3 is 0 Å². The quantitative estimate of drug-likeness (QED) is 0.875. The lowest BCUT2D eigenvalue weighted by Crippen LogP contribution is -2.04. The van der Waals surface area contributed by atoms with Gasteiger partial charge in [-0.25, -0.2) is 9.97 Å². The Bertz CT molecular complexity index is 505. The molecule has 0 saturated carbocycles. The summed E-state index contributed by atoms with van der Waals surface area (Å²) < 4.78 is 2.00. The van der Waals surface area contributed by atoms with Gasteiger partial charge in [0.15, 0.2) is 0 Å². The highest BCUT2D eigenvalue weighted by Crippen LogP contribution is 2.13. The second kappa shape index (κ2) is 5.10. The minimum atomic E-state index is 0.0326. The number of aliphatic hydroxyl groups excluding tert-OH is 1. The predicted molar refractivity (Wildman–Crippen MR) is 66.0 cm³/mol. The van der Waals surface area contributed by atoms with E-state index in [1.54, 1.807) is 6.20 Å². The van der Waals surface area contributed by atoms with Crippen molar-refractivity contribution in [3.63, 3.8) is 0 Å². The van der Waals surface area contributed by atoms with Crippen molar-refractivity contribution in [2.24, 2.45) is 0 Å². The molecule has 0 aliphatic rings. The standard InChI is InChI=1S/C13H17N3O/c1-3-4-12-14-7-8-16(12)13-6-5-11(9-17)10(2)15-13/h5-8,17H,3-4,9H2,1-2H3. The molecule has 2 aromatic rings. The molecule has 1 N–H and O–H groups in total. The summed E-state index contributed by atoms with van der Waals surface area (Å²) in [5, 5.41) is 9.12. The Balaban J connectivity index is 2.39. The van der Waals surface area contributed by atoms with E-state index in [1.165, 1.54) is 0 Å². The Morgan fingerprint density at radius 2 is 2.18 bits per heavy atom. The summed E-state index contributed by atoms with van der Waals surface area (Å²) in [6.07, 6.45) is 5.72. The number of aromatic nitrogens is 3. The van der Waals surface area contributed by atoms with E-state index < -0.39 is 0 Å². The van der Waals surface area contributed by atoms with Crippen molar-refractivity contribution in [2.45, 2.75) is 33.3 Å². The Kier molecular flexibility index (Phi) is 3.54. The number of pyridine rings is 1. The Morgan fingerprint density at radius 1 is 1.35 bits per heavy atom. The normalized spacial score (nSPS) is 10.8. The van der Waals surface area contributed by atoms with Crippen LogP contribution in [0.2, 0.25) is 0 Å². The van der Waals surface area contributed by atoms with Crippen molar-refractivity contribution in [3.8, 4) is 5.82 Å². The molecule has 2 rings (SSSR count). The average molecular weight is 231 g/mol. The van der Waals surface area contributed by atoms with Gasteiger partial charge in [-0.1, -0.05) is 13.0 Å². The molecule has 0 saturated heterocycles. The monoisotopic (exact) mass is 231 g/mol. The molecule has 0 unspecified atom stereocenters. The first-order valence-corrected chi connectivity index (χ1v) is 5.86. The first kappa shape index (κ1) is 11.8. The van der Waals surface area contributed by atoms with Crippen LogP contribution >= 0.6 is 0 Å². The highest BCUT2D eigenvalue weighted by molar-refractivity contribution is 5.31. The first-order valence-electron chi connectivity index (χ1n) is 5.86. The molecule has 0 aromatic carbocycles. The van der Waals surface area contributed by atoms with Crippen LogP contribution in [0.1, 0.15) is 30.4 Å². The highest BCUT2D eigenvalue weighted by Gasteiger charge is 2.06. The summed E-state index contributed by atoms with van der Waals surface area (Å²) in [5.74, 6) is 1.89. The topological polar surface area (TPSA) is 50.9 Å². The van der Waals surface area contributed by atoms with Crippen LogP contribution in [0.5, 0.6) is 0 Å². The molecule has 2 heterocycles. The van der Waals surface area contributed by atoms with Crippen LogP contribution in [-0.2, 0) is 13.0 Å². The second-order valence-corrected chi connectivity index (χ2v) is 4.04. The van der Waals surface area contributed by atoms with Crippen molar-refractivity contribution in [2.75, 3.05) is 0 Å². The molecular formula is C13H17N3O. The molecule has 4 heteroatoms. The fraction of sp³-hybridized carbons (Fsp3) is 0.385. The van der Waals surface area contributed by atoms with Gasteiger partial charge in [0.2, 0.25) is 0 Å². The van der Waals surface area contributed by atoms with Crippen molar-refractivity contribution < 1.29 is 5.11 Å². The van der Waals surface area contributed by atoms with Gasteiger partial charge in [0.1, 0.15) is 11.6 Å². The number of aliphatic hydroxyl groups is 1. The number of nitrogens with zero attached hydrogens (tertiary/aromatic N) is 3. The molecule has 90 valence electrons. The fourth-order valence-electron chi connectivity index (χ4n) is 1.83. The van der Waals surface area contributed by atoms with Gasteiger partial charge in [-0.2, -0.15) is 0 Å². The third-order valence-corrected chi connectivity index (χ3v) is 2.79. The van der Waals surface area contributed by atoms with E-state index in [-0.39, 0.29) is 6.61 Å². The van der Waals surface area contributed by atoms with Crippen molar-refractivity contribution in [1.82, 2.24) is 14.5 Å². The molecule has 0 aliphatic carbocycles. The summed E-state index contributed by atoms with van der Waals surface area (Å²) in [5.41, 5.74) is 1.73. The third kappa shape index (κ3) is 2.36. The number of hydrogen-bond donors (Lipinski definition) is 1. The van der Waals surface area contributed by atoms with Crippen LogP contribution in [0.4, 0.5) is 0 Å². The maximum absolute atomic E-state index is 9.12. The highest BCUT2D eigenvalue weighted by atomic mass is 16.3. The van der Waals surface area contributed by atoms with Gasteiger partial charge in [-0.3, -0.25) is 4.57 Å². The minimum absolute atomic E-state index is 0.0326. The summed E-state index contributed by atoms with van der Waals surface area (Å²) in [6, 6.07) is 3.83. The fourth-order valence-corrected chi connectivity index (χ4v) is 1.83. The summed E-state index contributed by atoms with van der Waals surface area (Å²) >= 11 is 0. The van der Waals surface area contributed by atoms with Crippen LogP contribution < -0.4 is 0 Å². The van der Waals surface area contributed by atoms with Crippen molar-refractivity contribution >= 4 is 0 Å². The number of hydrogen-bond acceptors (Lipinski definition) is 3. The molecule has 0 aliphatic heterocycles. The number of imidazole rings is 1. The molecule has 0 bridgehead atoms. The Hall–Kier alpha value is -1.68. The van der Waals surface area contributed by atoms with Gasteiger partial charge in [0.05, 0.1) is 6.61 Å². The van der Waals surface area contributed by atoms with Gasteiger partial charge < -0.3 is 5.11 Å². The lowest BCUT2D eigenvalue weighted by molar-refractivity contribution is 0.280. The lowest BCUT2D eigenvalue weighted by atomic mass is 10.2. The first-order chi connectivity index (χ1) is 8.26. The molecule has 17 heavy (non-hydrogen) atoms. The lowest BCUT2D eigenvalue weighted by Gasteiger charge is -2.09. The molecule has 0 amide bonds. The van der Waals surface area contributed by atoms with E-state index in [1.807, 2.05) is 29.8 Å². The van der Waals surface area contributed by atoms with Gasteiger partial charge in [-0.05, 0) is 25.0 Å². The largest absolute Gasteiger partial charge is 0.392 e. The third-order valence-electron chi connectivity index (χ3n) is 2.79. The smallest absolute Gasteiger partial charge is 0.138 e. The predicted octanol–water partition coefficient (Wildman–Crippen LogP) is 2.02. The summed E-state index contributed by atoms with van der Waals surface area (Å²) in [4.78, 5) is 8.82. The van der Waals surface area contributed by atoms with Crippen LogP contribution in [0, 0.1) is 6.92 Å². The van der Waals surface area contributed by atoms with Crippen molar-refractivity contribution in [3.05, 3.63) is 41.6 Å². The van der Waals surface area contributed by atoms with E-state index in [0.717, 1.165) is 35.7 Å². The maximum atomic E-state index is 9.12. The van der Waals surface area contributed by atoms with E-state index >= 15 is 0 Å². The zero-order valence-corrected chi connectivity index (χ0v) is 10.2. The molecule has 0 fully saturated rings. The maximum Gasteiger partial charge on any atom is 0.138 e. The zero-order valence-electron chi connectivity index (χ0n) is 10.2. The zero-order chi connectivity index (χ0) is 12.3. The molecule has 0 spiro atoms. The van der Waals surface area contributed by atoms with Gasteiger partial charge in [0.25, 0.3) is 0 Å². The van der Waals surface area contributed by atoms with Gasteiger partial charge in [0, 0.05) is 24.5 Å². The molecule has 0 atom stereocenters. The number of rotatable bonds is 4. The van der Waals surface area contributed by atoms with Crippen LogP contribution in [0.25, 0.3) is 5.82 Å². The second-order valence-electron chi connectivity index (χ2n) is 4.04. The number of aryl methyl sites for hydroxylation is 2. The Labute approximate surface area is 101 Å². The SMILES string of the molecule is CCCc1nccn1-c1ccc(CO)c(C)n1. The molecule has 4 nitrogen and oxygen atoms in total. The van der Waals surface area contributed by atoms with Crippen LogP contribution in [0.3, 0.4) is 0 Å². The molecular weight excluding hydrogens is 214 g/mol. The van der Waals surface area contributed by atoms with Gasteiger partial charge in [-0.15, -0.1) is 0 Å². The summed E-state index contributed by atoms with van der Waals surface area (Å²) in [6.45, 7) is 4.07. The van der Waals surface area contributed by atoms with E-state index in [2.05, 4.69) is 16.9 Å². The minimum Gasteiger partial charge on any atom is -0.392 e. The van der Waals surface area contributed by atoms with E-state index in [4.69, 9.17) is 5.11 Å².